The summed E-state index contributed by atoms with van der Waals surface area (Å²) in [6.45, 7) is 0. The van der Waals surface area contributed by atoms with Gasteiger partial charge in [0.05, 0.1) is 11.9 Å². The molecule has 3 aromatic carbocycles. The van der Waals surface area contributed by atoms with Gasteiger partial charge in [0, 0.05) is 5.56 Å². The Labute approximate surface area is 112 Å². The molecule has 0 aromatic heterocycles. The van der Waals surface area contributed by atoms with E-state index in [0.29, 0.717) is 0 Å². The summed E-state index contributed by atoms with van der Waals surface area (Å²) < 4.78 is 0. The molecule has 0 spiro atoms. The number of para-hydroxylation sites is 1. The van der Waals surface area contributed by atoms with E-state index in [1.807, 2.05) is 54.7 Å². The third-order valence-electron chi connectivity index (χ3n) is 2.99. The molecule has 0 unspecified atom stereocenters. The average Bonchev–Trinajstić information content (AvgIpc) is 2.49. The highest BCUT2D eigenvalue weighted by atomic mass is 15.3. The molecule has 1 N–H and O–H groups in total. The molecule has 3 rings (SSSR count). The van der Waals surface area contributed by atoms with Gasteiger partial charge in [-0.2, -0.15) is 5.10 Å². The molecule has 0 amide bonds. The van der Waals surface area contributed by atoms with Gasteiger partial charge in [0.2, 0.25) is 0 Å². The van der Waals surface area contributed by atoms with Gasteiger partial charge in [0.25, 0.3) is 0 Å². The van der Waals surface area contributed by atoms with Crippen LogP contribution in [-0.2, 0) is 0 Å². The van der Waals surface area contributed by atoms with Crippen molar-refractivity contribution >= 4 is 22.7 Å². The summed E-state index contributed by atoms with van der Waals surface area (Å²) >= 11 is 0. The molecule has 0 aliphatic carbocycles. The summed E-state index contributed by atoms with van der Waals surface area (Å²) in [4.78, 5) is 0. The standard InChI is InChI=1S/C17H14N2/c1-2-10-16(11-3-1)19-18-13-15-9-6-8-14-7-4-5-12-17(14)15/h1-13,19H. The third kappa shape index (κ3) is 2.63. The first-order valence-corrected chi connectivity index (χ1v) is 6.25. The van der Waals surface area contributed by atoms with Crippen molar-refractivity contribution in [2.45, 2.75) is 0 Å². The third-order valence-corrected chi connectivity index (χ3v) is 2.99. The Hall–Kier alpha value is -2.61. The van der Waals surface area contributed by atoms with Crippen LogP contribution in [0.4, 0.5) is 5.69 Å². The van der Waals surface area contributed by atoms with Crippen LogP contribution in [0.2, 0.25) is 0 Å². The van der Waals surface area contributed by atoms with Crippen LogP contribution in [0.5, 0.6) is 0 Å². The summed E-state index contributed by atoms with van der Waals surface area (Å²) in [7, 11) is 0. The summed E-state index contributed by atoms with van der Waals surface area (Å²) in [5.41, 5.74) is 5.12. The molecule has 0 radical (unpaired) electrons. The zero-order valence-corrected chi connectivity index (χ0v) is 10.5. The molecule has 92 valence electrons. The first-order chi connectivity index (χ1) is 9.43. The molecular formula is C17H14N2. The predicted molar refractivity (Wildman–Crippen MR) is 81.6 cm³/mol. The van der Waals surface area contributed by atoms with E-state index >= 15 is 0 Å². The second kappa shape index (κ2) is 5.36. The predicted octanol–water partition coefficient (Wildman–Crippen LogP) is 4.29. The van der Waals surface area contributed by atoms with Gasteiger partial charge >= 0.3 is 0 Å². The minimum absolute atomic E-state index is 0.985. The monoisotopic (exact) mass is 246 g/mol. The molecule has 2 heteroatoms. The first-order valence-electron chi connectivity index (χ1n) is 6.25. The topological polar surface area (TPSA) is 24.4 Å². The van der Waals surface area contributed by atoms with Crippen LogP contribution in [0.15, 0.2) is 77.9 Å². The number of hydrogen-bond donors (Lipinski definition) is 1. The van der Waals surface area contributed by atoms with E-state index in [9.17, 15) is 0 Å². The van der Waals surface area contributed by atoms with E-state index in [4.69, 9.17) is 0 Å². The molecular weight excluding hydrogens is 232 g/mol. The largest absolute Gasteiger partial charge is 0.279 e. The van der Waals surface area contributed by atoms with E-state index in [-0.39, 0.29) is 0 Å². The first kappa shape index (κ1) is 11.5. The number of nitrogens with zero attached hydrogens (tertiary/aromatic N) is 1. The molecule has 0 saturated carbocycles. The Bertz CT molecular complexity index is 697. The fourth-order valence-corrected chi connectivity index (χ4v) is 2.05. The highest BCUT2D eigenvalue weighted by molar-refractivity contribution is 5.99. The van der Waals surface area contributed by atoms with Gasteiger partial charge < -0.3 is 0 Å². The van der Waals surface area contributed by atoms with Gasteiger partial charge in [-0.15, -0.1) is 0 Å². The Kier molecular flexibility index (Phi) is 3.24. The molecule has 0 saturated heterocycles. The SMILES string of the molecule is C(=NNc1ccccc1)c1cccc2ccccc12. The van der Waals surface area contributed by atoms with Gasteiger partial charge in [-0.1, -0.05) is 60.7 Å². The summed E-state index contributed by atoms with van der Waals surface area (Å²) in [6.07, 6.45) is 1.86. The van der Waals surface area contributed by atoms with Crippen molar-refractivity contribution in [3.8, 4) is 0 Å². The summed E-state index contributed by atoms with van der Waals surface area (Å²) in [5.74, 6) is 0. The number of nitrogens with one attached hydrogen (secondary N) is 1. The van der Waals surface area contributed by atoms with Crippen LogP contribution in [-0.4, -0.2) is 6.21 Å². The zero-order valence-electron chi connectivity index (χ0n) is 10.5. The molecule has 0 fully saturated rings. The molecule has 0 aliphatic rings. The summed E-state index contributed by atoms with van der Waals surface area (Å²) in [6, 6.07) is 24.5. The van der Waals surface area contributed by atoms with Crippen LogP contribution in [0.25, 0.3) is 10.8 Å². The Morgan fingerprint density at radius 1 is 0.737 bits per heavy atom. The van der Waals surface area contributed by atoms with E-state index in [2.05, 4.69) is 34.8 Å². The lowest BCUT2D eigenvalue weighted by Crippen LogP contribution is -1.90. The molecule has 0 bridgehead atoms. The fraction of sp³-hybridized carbons (Fsp3) is 0. The minimum atomic E-state index is 0.985. The van der Waals surface area contributed by atoms with Crippen molar-refractivity contribution in [2.75, 3.05) is 5.43 Å². The van der Waals surface area contributed by atoms with Crippen molar-refractivity contribution in [1.29, 1.82) is 0 Å². The van der Waals surface area contributed by atoms with Gasteiger partial charge in [-0.05, 0) is 22.9 Å². The lowest BCUT2D eigenvalue weighted by molar-refractivity contribution is 1.35. The Balaban J connectivity index is 1.85. The lowest BCUT2D eigenvalue weighted by Gasteiger charge is -2.02. The highest BCUT2D eigenvalue weighted by Crippen LogP contribution is 2.16. The van der Waals surface area contributed by atoms with Crippen molar-refractivity contribution in [1.82, 2.24) is 0 Å². The number of hydrogen-bond acceptors (Lipinski definition) is 2. The fourth-order valence-electron chi connectivity index (χ4n) is 2.05. The molecule has 0 aliphatic heterocycles. The van der Waals surface area contributed by atoms with Crippen molar-refractivity contribution in [2.24, 2.45) is 5.10 Å². The quantitative estimate of drug-likeness (QED) is 0.541. The number of fused-ring (bicyclic) bond motifs is 1. The Morgan fingerprint density at radius 2 is 1.47 bits per heavy atom. The van der Waals surface area contributed by atoms with E-state index in [0.717, 1.165) is 11.3 Å². The Morgan fingerprint density at radius 3 is 2.37 bits per heavy atom. The average molecular weight is 246 g/mol. The zero-order chi connectivity index (χ0) is 12.9. The van der Waals surface area contributed by atoms with Gasteiger partial charge in [0.1, 0.15) is 0 Å². The maximum Gasteiger partial charge on any atom is 0.0561 e. The number of rotatable bonds is 3. The van der Waals surface area contributed by atoms with Crippen LogP contribution < -0.4 is 5.43 Å². The van der Waals surface area contributed by atoms with Gasteiger partial charge in [-0.3, -0.25) is 5.43 Å². The maximum atomic E-state index is 4.29. The van der Waals surface area contributed by atoms with Crippen molar-refractivity contribution < 1.29 is 0 Å². The van der Waals surface area contributed by atoms with Crippen molar-refractivity contribution in [3.63, 3.8) is 0 Å². The van der Waals surface area contributed by atoms with Crippen LogP contribution >= 0.6 is 0 Å². The minimum Gasteiger partial charge on any atom is -0.279 e. The van der Waals surface area contributed by atoms with Crippen LogP contribution in [0.1, 0.15) is 5.56 Å². The van der Waals surface area contributed by atoms with E-state index in [1.54, 1.807) is 0 Å². The van der Waals surface area contributed by atoms with Gasteiger partial charge in [0.15, 0.2) is 0 Å². The summed E-state index contributed by atoms with van der Waals surface area (Å²) in [5, 5.41) is 6.73. The normalized spacial score (nSPS) is 10.9. The van der Waals surface area contributed by atoms with Crippen LogP contribution in [0.3, 0.4) is 0 Å². The lowest BCUT2D eigenvalue weighted by atomic mass is 10.1. The second-order valence-corrected chi connectivity index (χ2v) is 4.30. The highest BCUT2D eigenvalue weighted by Gasteiger charge is 1.96. The smallest absolute Gasteiger partial charge is 0.0561 e. The van der Waals surface area contributed by atoms with E-state index < -0.39 is 0 Å². The van der Waals surface area contributed by atoms with Gasteiger partial charge in [-0.25, -0.2) is 0 Å². The van der Waals surface area contributed by atoms with Crippen LogP contribution in [0, 0.1) is 0 Å². The number of hydrazone groups is 1. The number of benzene rings is 3. The van der Waals surface area contributed by atoms with E-state index in [1.165, 1.54) is 10.8 Å². The second-order valence-electron chi connectivity index (χ2n) is 4.30. The molecule has 0 heterocycles. The number of anilines is 1. The molecule has 2 nitrogen and oxygen atoms in total. The molecule has 3 aromatic rings. The molecule has 0 atom stereocenters. The molecule has 19 heavy (non-hydrogen) atoms. The van der Waals surface area contributed by atoms with Crippen molar-refractivity contribution in [3.05, 3.63) is 78.4 Å². The maximum absolute atomic E-state index is 4.29.